The van der Waals surface area contributed by atoms with Gasteiger partial charge in [-0.15, -0.1) is 0 Å². The SMILES string of the molecule is Cc1cc(NC2CCOC2)ncc1-c1cnn(-c2ccc(=O)n(CC(C)C)c2)c1. The molecule has 152 valence electrons. The Labute approximate surface area is 170 Å². The van der Waals surface area contributed by atoms with Gasteiger partial charge in [0, 0.05) is 48.9 Å². The topological polar surface area (TPSA) is 74.0 Å². The van der Waals surface area contributed by atoms with Crippen molar-refractivity contribution in [1.29, 1.82) is 0 Å². The van der Waals surface area contributed by atoms with Crippen LogP contribution in [0.2, 0.25) is 0 Å². The number of hydrogen-bond donors (Lipinski definition) is 1. The molecule has 0 aromatic carbocycles. The van der Waals surface area contributed by atoms with Crippen molar-refractivity contribution < 1.29 is 4.74 Å². The Hall–Kier alpha value is -2.93. The van der Waals surface area contributed by atoms with Crippen molar-refractivity contribution in [2.24, 2.45) is 5.92 Å². The molecule has 29 heavy (non-hydrogen) atoms. The summed E-state index contributed by atoms with van der Waals surface area (Å²) in [4.78, 5) is 16.6. The molecule has 1 saturated heterocycles. The van der Waals surface area contributed by atoms with Crippen LogP contribution in [0.25, 0.3) is 16.8 Å². The van der Waals surface area contributed by atoms with Gasteiger partial charge in [-0.2, -0.15) is 5.10 Å². The maximum absolute atomic E-state index is 12.1. The summed E-state index contributed by atoms with van der Waals surface area (Å²) in [5, 5.41) is 7.93. The van der Waals surface area contributed by atoms with E-state index >= 15 is 0 Å². The third kappa shape index (κ3) is 4.40. The molecule has 7 heteroatoms. The molecule has 1 aliphatic rings. The van der Waals surface area contributed by atoms with Crippen LogP contribution in [0, 0.1) is 12.8 Å². The maximum Gasteiger partial charge on any atom is 0.250 e. The average Bonchev–Trinajstić information content (AvgIpc) is 3.35. The second kappa shape index (κ2) is 8.21. The zero-order chi connectivity index (χ0) is 20.4. The Morgan fingerprint density at radius 2 is 2.14 bits per heavy atom. The smallest absolute Gasteiger partial charge is 0.250 e. The summed E-state index contributed by atoms with van der Waals surface area (Å²) in [5.41, 5.74) is 4.03. The van der Waals surface area contributed by atoms with Gasteiger partial charge in [0.25, 0.3) is 5.56 Å². The second-order valence-electron chi connectivity index (χ2n) is 8.03. The highest BCUT2D eigenvalue weighted by Gasteiger charge is 2.16. The molecule has 3 aromatic heterocycles. The summed E-state index contributed by atoms with van der Waals surface area (Å²) in [6, 6.07) is 5.79. The van der Waals surface area contributed by atoms with Crippen LogP contribution in [0.1, 0.15) is 25.8 Å². The van der Waals surface area contributed by atoms with E-state index in [1.807, 2.05) is 24.8 Å². The first-order valence-electron chi connectivity index (χ1n) is 10.1. The molecule has 0 saturated carbocycles. The molecule has 1 unspecified atom stereocenters. The van der Waals surface area contributed by atoms with Crippen LogP contribution in [0.3, 0.4) is 0 Å². The van der Waals surface area contributed by atoms with E-state index < -0.39 is 0 Å². The van der Waals surface area contributed by atoms with Gasteiger partial charge in [-0.05, 0) is 37.0 Å². The molecule has 0 amide bonds. The molecule has 0 radical (unpaired) electrons. The highest BCUT2D eigenvalue weighted by atomic mass is 16.5. The summed E-state index contributed by atoms with van der Waals surface area (Å²) < 4.78 is 8.95. The summed E-state index contributed by atoms with van der Waals surface area (Å²) in [5.74, 6) is 1.27. The van der Waals surface area contributed by atoms with Gasteiger partial charge in [-0.3, -0.25) is 4.79 Å². The zero-order valence-corrected chi connectivity index (χ0v) is 17.1. The molecule has 0 spiro atoms. The molecule has 1 atom stereocenters. The minimum atomic E-state index is 0.00521. The monoisotopic (exact) mass is 393 g/mol. The van der Waals surface area contributed by atoms with Crippen LogP contribution in [-0.2, 0) is 11.3 Å². The number of nitrogens with one attached hydrogen (secondary N) is 1. The Balaban J connectivity index is 1.57. The van der Waals surface area contributed by atoms with E-state index in [2.05, 4.69) is 42.2 Å². The molecular weight excluding hydrogens is 366 g/mol. The van der Waals surface area contributed by atoms with Crippen LogP contribution in [-0.4, -0.2) is 38.6 Å². The molecule has 1 aliphatic heterocycles. The van der Waals surface area contributed by atoms with Gasteiger partial charge in [-0.25, -0.2) is 9.67 Å². The lowest BCUT2D eigenvalue weighted by atomic mass is 10.1. The van der Waals surface area contributed by atoms with E-state index in [1.54, 1.807) is 21.4 Å². The van der Waals surface area contributed by atoms with Crippen LogP contribution in [0.5, 0.6) is 0 Å². The fourth-order valence-electron chi connectivity index (χ4n) is 3.59. The summed E-state index contributed by atoms with van der Waals surface area (Å²) in [6.07, 6.45) is 8.56. The molecule has 0 bridgehead atoms. The van der Waals surface area contributed by atoms with Gasteiger partial charge < -0.3 is 14.6 Å². The van der Waals surface area contributed by atoms with Crippen molar-refractivity contribution in [1.82, 2.24) is 19.3 Å². The van der Waals surface area contributed by atoms with E-state index in [0.717, 1.165) is 47.8 Å². The van der Waals surface area contributed by atoms with E-state index in [9.17, 15) is 4.79 Å². The third-order valence-corrected chi connectivity index (χ3v) is 5.08. The molecule has 7 nitrogen and oxygen atoms in total. The van der Waals surface area contributed by atoms with Crippen LogP contribution in [0.15, 0.2) is 47.8 Å². The molecule has 4 rings (SSSR count). The van der Waals surface area contributed by atoms with Crippen molar-refractivity contribution in [2.75, 3.05) is 18.5 Å². The number of hydrogen-bond acceptors (Lipinski definition) is 5. The number of rotatable bonds is 6. The van der Waals surface area contributed by atoms with Crippen LogP contribution < -0.4 is 10.9 Å². The summed E-state index contributed by atoms with van der Waals surface area (Å²) in [7, 11) is 0. The standard InChI is InChI=1S/C22H27N5O2/c1-15(2)11-26-13-19(4-5-22(26)28)27-12-17(9-24-27)20-10-23-21(8-16(20)3)25-18-6-7-29-14-18/h4-5,8-10,12-13,15,18H,6-7,11,14H2,1-3H3,(H,23,25). The van der Waals surface area contributed by atoms with Crippen LogP contribution >= 0.6 is 0 Å². The zero-order valence-electron chi connectivity index (χ0n) is 17.1. The molecule has 1 fully saturated rings. The molecule has 0 aliphatic carbocycles. The van der Waals surface area contributed by atoms with Gasteiger partial charge in [-0.1, -0.05) is 13.8 Å². The lowest BCUT2D eigenvalue weighted by Gasteiger charge is -2.13. The fourth-order valence-corrected chi connectivity index (χ4v) is 3.59. The maximum atomic E-state index is 12.1. The van der Waals surface area contributed by atoms with Gasteiger partial charge >= 0.3 is 0 Å². The first-order valence-corrected chi connectivity index (χ1v) is 10.1. The normalized spacial score (nSPS) is 16.5. The van der Waals surface area contributed by atoms with Crippen LogP contribution in [0.4, 0.5) is 5.82 Å². The van der Waals surface area contributed by atoms with E-state index in [1.165, 1.54) is 0 Å². The van der Waals surface area contributed by atoms with E-state index in [-0.39, 0.29) is 5.56 Å². The highest BCUT2D eigenvalue weighted by Crippen LogP contribution is 2.25. The summed E-state index contributed by atoms with van der Waals surface area (Å²) >= 11 is 0. The first kappa shape index (κ1) is 19.4. The number of ether oxygens (including phenoxy) is 1. The van der Waals surface area contributed by atoms with Crippen molar-refractivity contribution >= 4 is 5.82 Å². The van der Waals surface area contributed by atoms with Gasteiger partial charge in [0.2, 0.25) is 0 Å². The predicted octanol–water partition coefficient (Wildman–Crippen LogP) is 3.26. The summed E-state index contributed by atoms with van der Waals surface area (Å²) in [6.45, 7) is 8.49. The molecular formula is C22H27N5O2. The van der Waals surface area contributed by atoms with Crippen molar-refractivity contribution in [3.63, 3.8) is 0 Å². The van der Waals surface area contributed by atoms with Crippen molar-refractivity contribution in [3.8, 4) is 16.8 Å². The largest absolute Gasteiger partial charge is 0.379 e. The Bertz CT molecular complexity index is 1050. The highest BCUT2D eigenvalue weighted by molar-refractivity contribution is 5.67. The molecule has 1 N–H and O–H groups in total. The minimum Gasteiger partial charge on any atom is -0.379 e. The quantitative estimate of drug-likeness (QED) is 0.696. The van der Waals surface area contributed by atoms with Gasteiger partial charge in [0.1, 0.15) is 5.82 Å². The third-order valence-electron chi connectivity index (χ3n) is 5.08. The van der Waals surface area contributed by atoms with Gasteiger partial charge in [0.05, 0.1) is 24.5 Å². The number of nitrogens with zero attached hydrogens (tertiary/aromatic N) is 4. The molecule has 4 heterocycles. The Morgan fingerprint density at radius 1 is 1.28 bits per heavy atom. The number of pyridine rings is 2. The van der Waals surface area contributed by atoms with Gasteiger partial charge in [0.15, 0.2) is 0 Å². The van der Waals surface area contributed by atoms with E-state index in [4.69, 9.17) is 4.74 Å². The Kier molecular flexibility index (Phi) is 5.49. The predicted molar refractivity (Wildman–Crippen MR) is 113 cm³/mol. The minimum absolute atomic E-state index is 0.00521. The molecule has 3 aromatic rings. The fraction of sp³-hybridized carbons (Fsp3) is 0.409. The Morgan fingerprint density at radius 3 is 2.86 bits per heavy atom. The number of anilines is 1. The lowest BCUT2D eigenvalue weighted by Crippen LogP contribution is -2.21. The second-order valence-corrected chi connectivity index (χ2v) is 8.03. The average molecular weight is 393 g/mol. The van der Waals surface area contributed by atoms with E-state index in [0.29, 0.717) is 18.5 Å². The number of aryl methyl sites for hydroxylation is 1. The van der Waals surface area contributed by atoms with Crippen molar-refractivity contribution in [3.05, 3.63) is 58.9 Å². The number of aromatic nitrogens is 4. The first-order chi connectivity index (χ1) is 14.0. The van der Waals surface area contributed by atoms with Crippen molar-refractivity contribution in [2.45, 2.75) is 39.8 Å². The lowest BCUT2D eigenvalue weighted by molar-refractivity contribution is 0.195.